The van der Waals surface area contributed by atoms with E-state index in [2.05, 4.69) is 119 Å². The van der Waals surface area contributed by atoms with Crippen LogP contribution in [-0.4, -0.2) is 90.0 Å². The number of alkyl halides is 8. The average molecular weight is 1690 g/mol. The Morgan fingerprint density at radius 1 is 0.492 bits per heavy atom. The number of unbranched alkanes of at least 4 members (excludes halogenated alkanes) is 1. The molecule has 21 heteroatoms. The molecule has 0 bridgehead atoms. The van der Waals surface area contributed by atoms with Gasteiger partial charge in [-0.1, -0.05) is 197 Å². The average Bonchev–Trinajstić information content (AvgIpc) is 1.84. The Kier molecular flexibility index (Phi) is 42.3. The summed E-state index contributed by atoms with van der Waals surface area (Å²) < 4.78 is 129. The van der Waals surface area contributed by atoms with E-state index in [0.717, 1.165) is 112 Å². The zero-order valence-electron chi connectivity index (χ0n) is 74.6. The lowest BCUT2D eigenvalue weighted by Crippen LogP contribution is -2.34. The summed E-state index contributed by atoms with van der Waals surface area (Å²) in [5, 5.41) is 37.5. The van der Waals surface area contributed by atoms with E-state index in [1.165, 1.54) is 63.8 Å². The molecule has 0 radical (unpaired) electrons. The Bertz CT molecular complexity index is 4640. The van der Waals surface area contributed by atoms with Crippen LogP contribution in [0.4, 0.5) is 35.1 Å². The summed E-state index contributed by atoms with van der Waals surface area (Å²) in [7, 11) is 0. The van der Waals surface area contributed by atoms with E-state index in [0.29, 0.717) is 76.9 Å². The largest absolute Gasteiger partial charge is 0.493 e. The van der Waals surface area contributed by atoms with Crippen LogP contribution in [0.15, 0.2) is 167 Å². The highest BCUT2D eigenvalue weighted by atomic mass is 32.1. The second-order valence-corrected chi connectivity index (χ2v) is 34.4. The van der Waals surface area contributed by atoms with Crippen LogP contribution in [0.1, 0.15) is 300 Å². The van der Waals surface area contributed by atoms with Crippen LogP contribution in [0, 0.1) is 0 Å². The predicted molar refractivity (Wildman–Crippen MR) is 476 cm³/mol. The Hall–Kier alpha value is -9.76. The minimum Gasteiger partial charge on any atom is -0.493 e. The lowest BCUT2D eigenvalue weighted by Gasteiger charge is -2.29. The van der Waals surface area contributed by atoms with Gasteiger partial charge in [-0.15, -0.1) is 11.3 Å². The van der Waals surface area contributed by atoms with Crippen LogP contribution in [0.25, 0.3) is 33.9 Å². The van der Waals surface area contributed by atoms with Crippen molar-refractivity contribution in [2.24, 2.45) is 0 Å². The molecule has 120 heavy (non-hydrogen) atoms. The summed E-state index contributed by atoms with van der Waals surface area (Å²) >= 11 is 1.65. The minimum absolute atomic E-state index is 0.117. The third-order valence-corrected chi connectivity index (χ3v) is 20.2. The summed E-state index contributed by atoms with van der Waals surface area (Å²) in [6.07, 6.45) is 19.2. The third-order valence-electron chi connectivity index (χ3n) is 19.3. The molecular formula is C99H128F8O12S. The van der Waals surface area contributed by atoms with E-state index in [-0.39, 0.29) is 46.9 Å². The number of hydrogen-bond donors (Lipinski definition) is 4. The van der Waals surface area contributed by atoms with Gasteiger partial charge in [-0.3, -0.25) is 4.39 Å². The second-order valence-electron chi connectivity index (χ2n) is 33.4. The Morgan fingerprint density at radius 2 is 0.933 bits per heavy atom. The van der Waals surface area contributed by atoms with Crippen molar-refractivity contribution in [1.29, 1.82) is 0 Å². The molecule has 0 spiro atoms. The Balaban J connectivity index is 0.000000413. The van der Waals surface area contributed by atoms with Gasteiger partial charge in [0, 0.05) is 74.5 Å². The second kappa shape index (κ2) is 48.6. The number of allylic oxidation sites excluding steroid dienone is 17. The first-order chi connectivity index (χ1) is 55.8. The van der Waals surface area contributed by atoms with Gasteiger partial charge in [0.2, 0.25) is 0 Å². The topological polar surface area (TPSA) is 186 Å². The summed E-state index contributed by atoms with van der Waals surface area (Å²) in [6.45, 7) is 47.7. The highest BCUT2D eigenvalue weighted by Gasteiger charge is 2.59. The van der Waals surface area contributed by atoms with Crippen molar-refractivity contribution in [2.45, 2.75) is 264 Å². The maximum absolute atomic E-state index is 14.1. The van der Waals surface area contributed by atoms with Crippen molar-refractivity contribution < 1.29 is 93.7 Å². The zero-order valence-corrected chi connectivity index (χ0v) is 75.4. The Labute approximate surface area is 711 Å². The van der Waals surface area contributed by atoms with Gasteiger partial charge < -0.3 is 39.4 Å². The van der Waals surface area contributed by atoms with E-state index in [1.54, 1.807) is 78.9 Å². The molecule has 0 saturated heterocycles. The monoisotopic (exact) mass is 1690 g/mol. The van der Waals surface area contributed by atoms with Crippen molar-refractivity contribution in [2.75, 3.05) is 33.1 Å². The van der Waals surface area contributed by atoms with Crippen molar-refractivity contribution in [1.82, 2.24) is 0 Å². The molecule has 0 atom stereocenters. The molecule has 12 nitrogen and oxygen atoms in total. The molecule has 6 rings (SSSR count). The number of benzene rings is 4. The van der Waals surface area contributed by atoms with Gasteiger partial charge in [0.1, 0.15) is 29.6 Å². The molecule has 1 heterocycles. The van der Waals surface area contributed by atoms with Gasteiger partial charge in [-0.05, 0) is 240 Å². The van der Waals surface area contributed by atoms with Gasteiger partial charge in [-0.2, -0.15) is 22.0 Å². The molecule has 1 aliphatic rings. The standard InChI is InChI=1S/C26H35FO3.C26H34O3S.C25H34F2O3.C22H25F5O3/c1-17(2)21-15-23(18(3)4)26(30-13-7-12-27)24(16-21)22-9-6-8-20(22)11-10-19(5)14-25(28)29;1-7-8-12-29-26-22(18(4)5)15-20(17(2)3)16-23(26)21-11-13-30-24(21)10-9-19(6)14-25(27)28;1-16(12-22(28)29)10-9-11-17(2)19-13-18(24(3,4)5)14-20(25(6,7)8)23(19)30-15-21(26)27;1-6-30-20-17(13(2)3)11-16(21(23,24)22(25,26)27)12-18(20)15(5)9-7-8-14(4)10-19(28)29/h10-11,14-18H,6-9,12-13H2,1-5H3,(H,28,29);9-11,13-18H,7-8,12H2,1-6H3,(H,27,28);9-14,21H,15H2,1-8H3,(H,28,29);7-13H,6H2,1-5H3,(H,28,29)/b11-10+,19-14+;10-9+,19-14+;10-9+,16-12+,17-11-;8-7+,14-10+,15-9-. The Morgan fingerprint density at radius 3 is 1.36 bits per heavy atom. The van der Waals surface area contributed by atoms with E-state index in [4.69, 9.17) is 39.4 Å². The molecule has 1 aliphatic carbocycles. The number of halogens is 8. The molecule has 0 unspecified atom stereocenters. The normalized spacial score (nSPS) is 13.8. The lowest BCUT2D eigenvalue weighted by atomic mass is 9.78. The fourth-order valence-electron chi connectivity index (χ4n) is 12.6. The number of carbonyl (C=O) groups is 4. The number of thiophene rings is 1. The maximum Gasteiger partial charge on any atom is 0.458 e. The zero-order chi connectivity index (χ0) is 91.1. The molecule has 1 aromatic heterocycles. The first-order valence-electron chi connectivity index (χ1n) is 40.9. The van der Waals surface area contributed by atoms with E-state index < -0.39 is 54.6 Å². The van der Waals surface area contributed by atoms with Crippen LogP contribution in [0.3, 0.4) is 0 Å². The van der Waals surface area contributed by atoms with Crippen molar-refractivity contribution >= 4 is 58.0 Å². The predicted octanol–water partition coefficient (Wildman–Crippen LogP) is 28.9. The lowest BCUT2D eigenvalue weighted by molar-refractivity contribution is -0.289. The fourth-order valence-corrected chi connectivity index (χ4v) is 13.4. The summed E-state index contributed by atoms with van der Waals surface area (Å²) in [6, 6.07) is 16.8. The molecule has 4 aromatic carbocycles. The van der Waals surface area contributed by atoms with E-state index >= 15 is 0 Å². The van der Waals surface area contributed by atoms with Crippen molar-refractivity contribution in [3.63, 3.8) is 0 Å². The number of aliphatic carboxylic acids is 4. The van der Waals surface area contributed by atoms with Crippen LogP contribution >= 0.6 is 11.3 Å². The first kappa shape index (κ1) is 104. The summed E-state index contributed by atoms with van der Waals surface area (Å²) in [5.41, 5.74) is 16.0. The number of hydrogen-bond acceptors (Lipinski definition) is 9. The number of carboxylic acids is 4. The molecule has 0 aliphatic heterocycles. The quantitative estimate of drug-likeness (QED) is 0.0130. The molecule has 0 fully saturated rings. The molecule has 658 valence electrons. The highest BCUT2D eigenvalue weighted by Crippen LogP contribution is 2.50. The summed E-state index contributed by atoms with van der Waals surface area (Å²) in [5.74, 6) is -5.34. The van der Waals surface area contributed by atoms with E-state index in [1.807, 2.05) is 70.2 Å². The van der Waals surface area contributed by atoms with Gasteiger partial charge in [0.15, 0.2) is 0 Å². The van der Waals surface area contributed by atoms with Gasteiger partial charge in [0.05, 0.1) is 26.5 Å². The van der Waals surface area contributed by atoms with E-state index in [9.17, 15) is 54.3 Å². The summed E-state index contributed by atoms with van der Waals surface area (Å²) in [4.78, 5) is 44.3. The minimum atomic E-state index is -5.73. The smallest absolute Gasteiger partial charge is 0.458 e. The molecule has 4 N–H and O–H groups in total. The van der Waals surface area contributed by atoms with Crippen LogP contribution in [0.2, 0.25) is 0 Å². The molecular weight excluding hydrogens is 1570 g/mol. The van der Waals surface area contributed by atoms with Crippen LogP contribution in [-0.2, 0) is 35.9 Å². The van der Waals surface area contributed by atoms with Gasteiger partial charge in [-0.25, -0.2) is 28.0 Å². The molecule has 0 amide bonds. The van der Waals surface area contributed by atoms with Gasteiger partial charge >= 0.3 is 36.0 Å². The fraction of sp³-hybridized carbons (Fsp3) is 0.455. The number of carboxylic acid groups (broad SMARTS) is 4. The molecule has 0 saturated carbocycles. The first-order valence-corrected chi connectivity index (χ1v) is 41.8. The number of rotatable bonds is 35. The van der Waals surface area contributed by atoms with Gasteiger partial charge in [0.25, 0.3) is 6.43 Å². The SMILES string of the molecule is C/C(=C/C=C/C(C)=C/C(=O)O)c1cc(C(C)(C)C)cc(C(C)(C)C)c1OCC(F)F.CC(/C=C/C1=C(c2cc(C(C)C)cc(C(C)C)c2OCCCF)CCC1)=C\C(=O)O.CCCCOc1c(-c2ccsc2/C=C/C(C)=C/C(=O)O)cc(C(C)C)cc1C(C)C.CCOc1c(\C(C)=C/C=C/C(C)=C/C(=O)O)cc(C(F)(F)C(F)(F)F)cc1C(C)C. The third kappa shape index (κ3) is 33.3. The van der Waals surface area contributed by atoms with Crippen LogP contribution < -0.4 is 18.9 Å². The maximum atomic E-state index is 14.1. The highest BCUT2D eigenvalue weighted by molar-refractivity contribution is 7.11. The number of ether oxygens (including phenoxy) is 4. The van der Waals surface area contributed by atoms with Crippen molar-refractivity contribution in [3.05, 3.63) is 233 Å². The van der Waals surface area contributed by atoms with Crippen molar-refractivity contribution in [3.8, 4) is 34.1 Å². The molecule has 5 aromatic rings. The van der Waals surface area contributed by atoms with Crippen LogP contribution in [0.5, 0.6) is 23.0 Å².